The van der Waals surface area contributed by atoms with Gasteiger partial charge in [-0.05, 0) is 18.7 Å². The van der Waals surface area contributed by atoms with Crippen LogP contribution in [-0.4, -0.2) is 49.0 Å². The van der Waals surface area contributed by atoms with Gasteiger partial charge in [0.15, 0.2) is 0 Å². The minimum Gasteiger partial charge on any atom is -0.353 e. The van der Waals surface area contributed by atoms with Gasteiger partial charge < -0.3 is 5.32 Å². The van der Waals surface area contributed by atoms with Crippen molar-refractivity contribution in [3.63, 3.8) is 0 Å². The lowest BCUT2D eigenvalue weighted by molar-refractivity contribution is -0.123. The molecule has 0 aromatic heterocycles. The number of benzene rings is 1. The monoisotopic (exact) mass is 397 g/mol. The first kappa shape index (κ1) is 24.1. The molecular formula is C17H27Cl2F2N3O. The Labute approximate surface area is 160 Å². The molecule has 0 aliphatic carbocycles. The molecule has 1 aliphatic rings. The van der Waals surface area contributed by atoms with E-state index in [9.17, 15) is 13.6 Å². The molecule has 8 heteroatoms. The topological polar surface area (TPSA) is 44.4 Å². The summed E-state index contributed by atoms with van der Waals surface area (Å²) in [6, 6.07) is 9.16. The van der Waals surface area contributed by atoms with Crippen molar-refractivity contribution in [2.75, 3.05) is 26.2 Å². The summed E-state index contributed by atoms with van der Waals surface area (Å²) in [5.74, 6) is -3.14. The molecule has 2 atom stereocenters. The Balaban J connectivity index is 0.00000288. The molecule has 0 radical (unpaired) electrons. The third-order valence-corrected chi connectivity index (χ3v) is 4.33. The number of nitrogens with one attached hydrogen (secondary N) is 2. The maximum Gasteiger partial charge on any atom is 0.262 e. The van der Waals surface area contributed by atoms with Gasteiger partial charge in [-0.2, -0.15) is 0 Å². The second kappa shape index (κ2) is 10.9. The van der Waals surface area contributed by atoms with Crippen LogP contribution in [0.3, 0.4) is 0 Å². The van der Waals surface area contributed by atoms with Gasteiger partial charge in [0.2, 0.25) is 5.91 Å². The predicted molar refractivity (Wildman–Crippen MR) is 101 cm³/mol. The summed E-state index contributed by atoms with van der Waals surface area (Å²) in [5.41, 5.74) is 1.11. The number of hydrogen-bond donors (Lipinski definition) is 2. The highest BCUT2D eigenvalue weighted by molar-refractivity contribution is 5.85. The minimum absolute atomic E-state index is 0. The van der Waals surface area contributed by atoms with Crippen molar-refractivity contribution in [1.82, 2.24) is 15.5 Å². The second-order valence-corrected chi connectivity index (χ2v) is 5.89. The summed E-state index contributed by atoms with van der Waals surface area (Å²) in [4.78, 5) is 14.4. The molecule has 0 spiro atoms. The Morgan fingerprint density at radius 2 is 1.88 bits per heavy atom. The van der Waals surface area contributed by atoms with Crippen molar-refractivity contribution >= 4 is 30.7 Å². The Bertz CT molecular complexity index is 516. The van der Waals surface area contributed by atoms with Crippen molar-refractivity contribution in [2.24, 2.45) is 0 Å². The Morgan fingerprint density at radius 1 is 1.28 bits per heavy atom. The number of likely N-dealkylation sites (N-methyl/N-ethyl adjacent to an activating group) is 1. The van der Waals surface area contributed by atoms with E-state index in [4.69, 9.17) is 0 Å². The van der Waals surface area contributed by atoms with Gasteiger partial charge in [-0.3, -0.25) is 15.0 Å². The zero-order valence-electron chi connectivity index (χ0n) is 14.5. The van der Waals surface area contributed by atoms with Crippen molar-refractivity contribution in [3.8, 4) is 0 Å². The first-order valence-electron chi connectivity index (χ1n) is 8.14. The summed E-state index contributed by atoms with van der Waals surface area (Å²) >= 11 is 0. The lowest BCUT2D eigenvalue weighted by Gasteiger charge is -2.30. The van der Waals surface area contributed by atoms with Crippen molar-refractivity contribution < 1.29 is 13.6 Å². The van der Waals surface area contributed by atoms with E-state index < -0.39 is 24.9 Å². The van der Waals surface area contributed by atoms with E-state index in [0.717, 1.165) is 18.7 Å². The summed E-state index contributed by atoms with van der Waals surface area (Å²) < 4.78 is 26.4. The molecule has 1 heterocycles. The summed E-state index contributed by atoms with van der Waals surface area (Å²) in [6.45, 7) is 5.83. The molecule has 1 aromatic rings. The lowest BCUT2D eigenvalue weighted by atomic mass is 10.0. The van der Waals surface area contributed by atoms with E-state index in [1.165, 1.54) is 0 Å². The van der Waals surface area contributed by atoms with Crippen LogP contribution in [0.2, 0.25) is 0 Å². The summed E-state index contributed by atoms with van der Waals surface area (Å²) in [5, 5.41) is 5.43. The molecule has 1 amide bonds. The standard InChI is InChI=1S/C17H25F2N3O.2ClH/c1-3-22(4-2)15(13-8-6-5-7-9-13)11-20-16(23)14-10-17(18,19)12-21-14;;/h5-9,14-15,21H,3-4,10-12H2,1-2H3,(H,20,23);2*1H. The third kappa shape index (κ3) is 6.70. The Kier molecular flexibility index (Phi) is 10.5. The van der Waals surface area contributed by atoms with E-state index in [0.29, 0.717) is 6.54 Å². The van der Waals surface area contributed by atoms with Crippen LogP contribution in [-0.2, 0) is 4.79 Å². The number of carbonyl (C=O) groups excluding carboxylic acids is 1. The average Bonchev–Trinajstić information content (AvgIpc) is 2.92. The minimum atomic E-state index is -2.79. The number of rotatable bonds is 7. The van der Waals surface area contributed by atoms with E-state index in [1.54, 1.807) is 0 Å². The second-order valence-electron chi connectivity index (χ2n) is 5.89. The average molecular weight is 398 g/mol. The number of halogens is 4. The van der Waals surface area contributed by atoms with E-state index in [1.807, 2.05) is 30.3 Å². The zero-order chi connectivity index (χ0) is 16.9. The highest BCUT2D eigenvalue weighted by Gasteiger charge is 2.42. The van der Waals surface area contributed by atoms with Crippen LogP contribution in [0.15, 0.2) is 30.3 Å². The highest BCUT2D eigenvalue weighted by atomic mass is 35.5. The molecule has 1 fully saturated rings. The molecule has 1 saturated heterocycles. The maximum atomic E-state index is 13.2. The van der Waals surface area contributed by atoms with Crippen LogP contribution < -0.4 is 10.6 Å². The van der Waals surface area contributed by atoms with Gasteiger partial charge in [-0.15, -0.1) is 24.8 Å². The zero-order valence-corrected chi connectivity index (χ0v) is 16.1. The number of amides is 1. The fourth-order valence-electron chi connectivity index (χ4n) is 3.02. The number of nitrogens with zero attached hydrogens (tertiary/aromatic N) is 1. The SMILES string of the molecule is CCN(CC)C(CNC(=O)C1CC(F)(F)CN1)c1ccccc1.Cl.Cl. The van der Waals surface area contributed by atoms with Crippen molar-refractivity contribution in [2.45, 2.75) is 38.3 Å². The van der Waals surface area contributed by atoms with Gasteiger partial charge in [0.1, 0.15) is 0 Å². The van der Waals surface area contributed by atoms with Gasteiger partial charge in [-0.1, -0.05) is 44.2 Å². The number of alkyl halides is 2. The van der Waals surface area contributed by atoms with Gasteiger partial charge in [0.25, 0.3) is 5.92 Å². The van der Waals surface area contributed by atoms with Gasteiger partial charge in [-0.25, -0.2) is 8.78 Å². The first-order chi connectivity index (χ1) is 11.0. The molecule has 144 valence electrons. The number of hydrogen-bond acceptors (Lipinski definition) is 3. The predicted octanol–water partition coefficient (Wildman–Crippen LogP) is 3.03. The molecule has 4 nitrogen and oxygen atoms in total. The molecular weight excluding hydrogens is 371 g/mol. The smallest absolute Gasteiger partial charge is 0.262 e. The van der Waals surface area contributed by atoms with Crippen LogP contribution in [0, 0.1) is 0 Å². The molecule has 2 N–H and O–H groups in total. The fraction of sp³-hybridized carbons (Fsp3) is 0.588. The molecule has 0 saturated carbocycles. The molecule has 25 heavy (non-hydrogen) atoms. The van der Waals surface area contributed by atoms with Crippen LogP contribution in [0.4, 0.5) is 8.78 Å². The van der Waals surface area contributed by atoms with Gasteiger partial charge in [0.05, 0.1) is 18.6 Å². The van der Waals surface area contributed by atoms with Crippen LogP contribution >= 0.6 is 24.8 Å². The molecule has 1 aromatic carbocycles. The quantitative estimate of drug-likeness (QED) is 0.742. The molecule has 1 aliphatic heterocycles. The van der Waals surface area contributed by atoms with Crippen molar-refractivity contribution in [3.05, 3.63) is 35.9 Å². The van der Waals surface area contributed by atoms with Crippen LogP contribution in [0.1, 0.15) is 31.9 Å². The first-order valence-corrected chi connectivity index (χ1v) is 8.14. The maximum absolute atomic E-state index is 13.2. The third-order valence-electron chi connectivity index (χ3n) is 4.33. The van der Waals surface area contributed by atoms with Crippen molar-refractivity contribution in [1.29, 1.82) is 0 Å². The number of carbonyl (C=O) groups is 1. The molecule has 2 rings (SSSR count). The fourth-order valence-corrected chi connectivity index (χ4v) is 3.02. The normalized spacial score (nSPS) is 19.6. The Hall–Kier alpha value is -0.950. The van der Waals surface area contributed by atoms with Gasteiger partial charge >= 0.3 is 0 Å². The largest absolute Gasteiger partial charge is 0.353 e. The summed E-state index contributed by atoms with van der Waals surface area (Å²) in [6.07, 6.45) is -0.430. The van der Waals surface area contributed by atoms with E-state index >= 15 is 0 Å². The van der Waals surface area contributed by atoms with Crippen LogP contribution in [0.25, 0.3) is 0 Å². The highest BCUT2D eigenvalue weighted by Crippen LogP contribution is 2.25. The van der Waals surface area contributed by atoms with Crippen LogP contribution in [0.5, 0.6) is 0 Å². The summed E-state index contributed by atoms with van der Waals surface area (Å²) in [7, 11) is 0. The Morgan fingerprint density at radius 3 is 2.36 bits per heavy atom. The van der Waals surface area contributed by atoms with E-state index in [2.05, 4.69) is 29.4 Å². The molecule has 0 bridgehead atoms. The van der Waals surface area contributed by atoms with Gasteiger partial charge in [0, 0.05) is 13.0 Å². The molecule has 2 unspecified atom stereocenters. The van der Waals surface area contributed by atoms with E-state index in [-0.39, 0.29) is 36.8 Å². The lowest BCUT2D eigenvalue weighted by Crippen LogP contribution is -2.44.